The average Bonchev–Trinajstić information content (AvgIpc) is 2.62. The quantitative estimate of drug-likeness (QED) is 0.899. The summed E-state index contributed by atoms with van der Waals surface area (Å²) in [6, 6.07) is 0. The summed E-state index contributed by atoms with van der Waals surface area (Å²) >= 11 is 1.40. The molecule has 1 aromatic rings. The van der Waals surface area contributed by atoms with Crippen molar-refractivity contribution >= 4 is 11.3 Å². The Morgan fingerprint density at radius 1 is 1.56 bits per heavy atom. The van der Waals surface area contributed by atoms with Crippen LogP contribution in [0.3, 0.4) is 0 Å². The van der Waals surface area contributed by atoms with Crippen LogP contribution in [0, 0.1) is 12.8 Å². The van der Waals surface area contributed by atoms with Gasteiger partial charge in [0.05, 0.1) is 16.5 Å². The fourth-order valence-corrected chi connectivity index (χ4v) is 3.45. The van der Waals surface area contributed by atoms with E-state index in [2.05, 4.69) is 4.98 Å². The molecule has 2 atom stereocenters. The van der Waals surface area contributed by atoms with Gasteiger partial charge in [0.15, 0.2) is 0 Å². The normalized spacial score (nSPS) is 29.5. The predicted molar refractivity (Wildman–Crippen MR) is 63.5 cm³/mol. The number of halogens is 3. The highest BCUT2D eigenvalue weighted by atomic mass is 32.1. The highest BCUT2D eigenvalue weighted by Crippen LogP contribution is 2.43. The molecule has 2 unspecified atom stereocenters. The monoisotopic (exact) mass is 279 g/mol. The smallest absolute Gasteiger partial charge is 0.389 e. The third kappa shape index (κ3) is 3.23. The minimum Gasteiger partial charge on any atom is -0.389 e. The zero-order valence-electron chi connectivity index (χ0n) is 10.1. The number of rotatable bonds is 2. The van der Waals surface area contributed by atoms with Gasteiger partial charge in [-0.05, 0) is 32.6 Å². The highest BCUT2D eigenvalue weighted by molar-refractivity contribution is 7.09. The molecule has 0 spiro atoms. The maximum absolute atomic E-state index is 12.7. The van der Waals surface area contributed by atoms with Crippen molar-refractivity contribution in [2.75, 3.05) is 0 Å². The maximum Gasteiger partial charge on any atom is 0.391 e. The summed E-state index contributed by atoms with van der Waals surface area (Å²) in [5.74, 6) is -1.38. The van der Waals surface area contributed by atoms with Crippen LogP contribution in [0.4, 0.5) is 13.2 Å². The van der Waals surface area contributed by atoms with Gasteiger partial charge in [0.1, 0.15) is 0 Å². The molecule has 1 N–H and O–H groups in total. The molecular formula is C12H16F3NOS. The van der Waals surface area contributed by atoms with Gasteiger partial charge in [0, 0.05) is 17.5 Å². The Kier molecular flexibility index (Phi) is 3.69. The molecule has 102 valence electrons. The lowest BCUT2D eigenvalue weighted by Gasteiger charge is -2.37. The third-order valence-corrected chi connectivity index (χ3v) is 4.40. The van der Waals surface area contributed by atoms with Gasteiger partial charge in [0.25, 0.3) is 0 Å². The molecule has 0 bridgehead atoms. The minimum atomic E-state index is -4.20. The van der Waals surface area contributed by atoms with Crippen LogP contribution in [0.5, 0.6) is 0 Å². The first-order chi connectivity index (χ1) is 8.28. The van der Waals surface area contributed by atoms with Gasteiger partial charge in [0.2, 0.25) is 0 Å². The van der Waals surface area contributed by atoms with E-state index in [0.29, 0.717) is 12.8 Å². The van der Waals surface area contributed by atoms with Crippen LogP contribution in [0.25, 0.3) is 0 Å². The molecule has 2 nitrogen and oxygen atoms in total. The van der Waals surface area contributed by atoms with E-state index >= 15 is 0 Å². The van der Waals surface area contributed by atoms with Crippen LogP contribution in [-0.4, -0.2) is 21.9 Å². The molecule has 0 saturated heterocycles. The van der Waals surface area contributed by atoms with E-state index < -0.39 is 17.7 Å². The fourth-order valence-electron chi connectivity index (χ4n) is 2.55. The molecule has 18 heavy (non-hydrogen) atoms. The maximum atomic E-state index is 12.7. The molecule has 1 heterocycles. The van der Waals surface area contributed by atoms with Gasteiger partial charge in [-0.25, -0.2) is 4.98 Å². The van der Waals surface area contributed by atoms with Crippen LogP contribution in [0.1, 0.15) is 36.4 Å². The van der Waals surface area contributed by atoms with Crippen LogP contribution in [-0.2, 0) is 6.42 Å². The summed E-state index contributed by atoms with van der Waals surface area (Å²) in [5.41, 5.74) is -0.398. The Hall–Kier alpha value is -0.620. The van der Waals surface area contributed by atoms with Crippen molar-refractivity contribution in [2.45, 2.75) is 50.8 Å². The molecule has 1 saturated carbocycles. The van der Waals surface area contributed by atoms with E-state index in [0.717, 1.165) is 10.7 Å². The molecule has 1 aromatic heterocycles. The molecule has 0 radical (unpaired) electrons. The second kappa shape index (κ2) is 4.81. The van der Waals surface area contributed by atoms with Gasteiger partial charge in [-0.15, -0.1) is 11.3 Å². The van der Waals surface area contributed by atoms with Crippen molar-refractivity contribution in [1.82, 2.24) is 4.98 Å². The van der Waals surface area contributed by atoms with E-state index in [9.17, 15) is 18.3 Å². The predicted octanol–water partition coefficient (Wildman–Crippen LogP) is 3.48. The number of alkyl halides is 3. The van der Waals surface area contributed by atoms with Gasteiger partial charge < -0.3 is 5.11 Å². The van der Waals surface area contributed by atoms with Gasteiger partial charge in [-0.2, -0.15) is 13.2 Å². The summed E-state index contributed by atoms with van der Waals surface area (Å²) in [5, 5.41) is 12.9. The molecule has 1 aliphatic carbocycles. The number of thiazole rings is 1. The van der Waals surface area contributed by atoms with Crippen molar-refractivity contribution in [3.8, 4) is 0 Å². The molecule has 1 fully saturated rings. The standard InChI is InChI=1S/C12H16F3NOS/c1-8-7-18-10(16-8)6-11(17)4-2-3-9(5-11)12(13,14)15/h7,9,17H,2-6H2,1H3. The van der Waals surface area contributed by atoms with Crippen LogP contribution >= 0.6 is 11.3 Å². The first-order valence-corrected chi connectivity index (χ1v) is 6.87. The van der Waals surface area contributed by atoms with Gasteiger partial charge in [-0.1, -0.05) is 0 Å². The zero-order valence-corrected chi connectivity index (χ0v) is 10.9. The Morgan fingerprint density at radius 2 is 2.28 bits per heavy atom. The fraction of sp³-hybridized carbons (Fsp3) is 0.750. The Labute approximate surface area is 108 Å². The Balaban J connectivity index is 2.06. The van der Waals surface area contributed by atoms with Crippen molar-refractivity contribution in [1.29, 1.82) is 0 Å². The first-order valence-electron chi connectivity index (χ1n) is 5.99. The van der Waals surface area contributed by atoms with E-state index in [4.69, 9.17) is 0 Å². The van der Waals surface area contributed by atoms with Gasteiger partial charge in [-0.3, -0.25) is 0 Å². The van der Waals surface area contributed by atoms with E-state index in [1.54, 1.807) is 0 Å². The number of hydrogen-bond acceptors (Lipinski definition) is 3. The van der Waals surface area contributed by atoms with Crippen LogP contribution in [0.15, 0.2) is 5.38 Å². The molecular weight excluding hydrogens is 263 g/mol. The Bertz CT molecular complexity index is 418. The number of aromatic nitrogens is 1. The van der Waals surface area contributed by atoms with Crippen LogP contribution < -0.4 is 0 Å². The molecule has 0 aliphatic heterocycles. The Morgan fingerprint density at radius 3 is 2.83 bits per heavy atom. The summed E-state index contributed by atoms with van der Waals surface area (Å²) in [6.45, 7) is 1.84. The number of hydrogen-bond donors (Lipinski definition) is 1. The van der Waals surface area contributed by atoms with E-state index in [1.165, 1.54) is 11.3 Å². The SMILES string of the molecule is Cc1csc(CC2(O)CCCC(C(F)(F)F)C2)n1. The lowest BCUT2D eigenvalue weighted by molar-refractivity contribution is -0.200. The second-order valence-corrected chi connectivity index (χ2v) is 6.06. The summed E-state index contributed by atoms with van der Waals surface area (Å²) in [7, 11) is 0. The summed E-state index contributed by atoms with van der Waals surface area (Å²) in [6.07, 6.45) is -3.19. The number of aliphatic hydroxyl groups is 1. The average molecular weight is 279 g/mol. The molecule has 6 heteroatoms. The molecule has 2 rings (SSSR count). The second-order valence-electron chi connectivity index (χ2n) is 5.12. The third-order valence-electron chi connectivity index (χ3n) is 3.43. The lowest BCUT2D eigenvalue weighted by atomic mass is 9.76. The van der Waals surface area contributed by atoms with E-state index in [1.807, 2.05) is 12.3 Å². The van der Waals surface area contributed by atoms with Crippen molar-refractivity contribution < 1.29 is 18.3 Å². The number of aryl methyl sites for hydroxylation is 1. The van der Waals surface area contributed by atoms with E-state index in [-0.39, 0.29) is 19.3 Å². The highest BCUT2D eigenvalue weighted by Gasteiger charge is 2.47. The molecule has 0 aromatic carbocycles. The lowest BCUT2D eigenvalue weighted by Crippen LogP contribution is -2.41. The minimum absolute atomic E-state index is 0.128. The van der Waals surface area contributed by atoms with Crippen molar-refractivity contribution in [3.05, 3.63) is 16.1 Å². The first kappa shape index (κ1) is 13.8. The van der Waals surface area contributed by atoms with Crippen LogP contribution in [0.2, 0.25) is 0 Å². The summed E-state index contributed by atoms with van der Waals surface area (Å²) in [4.78, 5) is 4.21. The largest absolute Gasteiger partial charge is 0.391 e. The van der Waals surface area contributed by atoms with Crippen molar-refractivity contribution in [2.24, 2.45) is 5.92 Å². The van der Waals surface area contributed by atoms with Gasteiger partial charge >= 0.3 is 6.18 Å². The zero-order chi connectivity index (χ0) is 13.4. The van der Waals surface area contributed by atoms with Crippen molar-refractivity contribution in [3.63, 3.8) is 0 Å². The topological polar surface area (TPSA) is 33.1 Å². The summed E-state index contributed by atoms with van der Waals surface area (Å²) < 4.78 is 38.1. The number of nitrogens with zero attached hydrogens (tertiary/aromatic N) is 1. The molecule has 0 amide bonds. The molecule has 1 aliphatic rings.